The molecule has 0 saturated heterocycles. The number of aliphatic carboxylic acids is 1. The van der Waals surface area contributed by atoms with E-state index in [0.29, 0.717) is 23.6 Å². The van der Waals surface area contributed by atoms with Crippen LogP contribution < -0.4 is 4.74 Å². The normalized spacial score (nSPS) is 11.8. The lowest BCUT2D eigenvalue weighted by Gasteiger charge is -2.12. The highest BCUT2D eigenvalue weighted by Crippen LogP contribution is 2.25. The van der Waals surface area contributed by atoms with E-state index >= 15 is 0 Å². The topological polar surface area (TPSA) is 76.5 Å². The number of aromatic nitrogens is 1. The van der Waals surface area contributed by atoms with Crippen molar-refractivity contribution in [3.05, 3.63) is 75.7 Å². The van der Waals surface area contributed by atoms with Gasteiger partial charge in [-0.1, -0.05) is 36.8 Å². The highest BCUT2D eigenvalue weighted by atomic mass is 32.2. The summed E-state index contributed by atoms with van der Waals surface area (Å²) in [7, 11) is 0. The Kier molecular flexibility index (Phi) is 10.8. The summed E-state index contributed by atoms with van der Waals surface area (Å²) >= 11 is 3.18. The second-order valence-corrected chi connectivity index (χ2v) is 10.8. The first-order chi connectivity index (χ1) is 16.9. The van der Waals surface area contributed by atoms with Gasteiger partial charge in [-0.3, -0.25) is 9.59 Å². The molecule has 0 fully saturated rings. The number of carbonyl (C=O) groups is 2. The van der Waals surface area contributed by atoms with Crippen LogP contribution in [0.5, 0.6) is 5.75 Å². The van der Waals surface area contributed by atoms with Crippen LogP contribution >= 0.6 is 23.1 Å². The summed E-state index contributed by atoms with van der Waals surface area (Å²) in [5.74, 6) is 0.778. The number of benzene rings is 2. The Morgan fingerprint density at radius 2 is 1.74 bits per heavy atom. The number of hydrogen-bond donors (Lipinski definition) is 1. The molecule has 0 aliphatic carbocycles. The number of ether oxygens (including phenoxy) is 1. The van der Waals surface area contributed by atoms with Crippen LogP contribution in [0.4, 0.5) is 0 Å². The zero-order chi connectivity index (χ0) is 25.0. The fourth-order valence-electron chi connectivity index (χ4n) is 3.65. The van der Waals surface area contributed by atoms with Gasteiger partial charge in [0.05, 0.1) is 5.69 Å². The summed E-state index contributed by atoms with van der Waals surface area (Å²) in [5.41, 5.74) is 2.20. The lowest BCUT2D eigenvalue weighted by atomic mass is 10.1. The molecule has 7 heteroatoms. The van der Waals surface area contributed by atoms with Crippen molar-refractivity contribution < 1.29 is 19.4 Å². The molecular weight excluding hydrogens is 478 g/mol. The Morgan fingerprint density at radius 3 is 2.46 bits per heavy atom. The number of thiazole rings is 1. The van der Waals surface area contributed by atoms with E-state index in [0.717, 1.165) is 22.7 Å². The molecule has 35 heavy (non-hydrogen) atoms. The molecule has 0 saturated carbocycles. The Labute approximate surface area is 216 Å². The van der Waals surface area contributed by atoms with Crippen LogP contribution in [0.3, 0.4) is 0 Å². The summed E-state index contributed by atoms with van der Waals surface area (Å²) in [5, 5.41) is 9.23. The lowest BCUT2D eigenvalue weighted by Crippen LogP contribution is -2.23. The first kappa shape index (κ1) is 27.0. The van der Waals surface area contributed by atoms with Gasteiger partial charge >= 0.3 is 5.97 Å². The minimum absolute atomic E-state index is 0.114. The molecule has 186 valence electrons. The SMILES string of the molecule is Cc1nc(C(=O)[C@H](C)Oc2ccc(SCCCCCc3ccccc3)cc2)sc1CCCC(=O)O. The molecule has 0 bridgehead atoms. The largest absolute Gasteiger partial charge is 0.482 e. The second-order valence-electron chi connectivity index (χ2n) is 8.52. The number of ketones is 1. The van der Waals surface area contributed by atoms with Gasteiger partial charge in [-0.05, 0) is 81.5 Å². The fraction of sp³-hybridized carbons (Fsp3) is 0.393. The molecule has 1 N–H and O–H groups in total. The quantitative estimate of drug-likeness (QED) is 0.134. The number of nitrogens with zero attached hydrogens (tertiary/aromatic N) is 1. The van der Waals surface area contributed by atoms with Crippen LogP contribution in [-0.2, 0) is 17.6 Å². The molecule has 1 atom stereocenters. The highest BCUT2D eigenvalue weighted by Gasteiger charge is 2.22. The molecule has 0 amide bonds. The number of hydrogen-bond acceptors (Lipinski definition) is 6. The number of carbonyl (C=O) groups excluding carboxylic acids is 1. The fourth-order valence-corrected chi connectivity index (χ4v) is 5.69. The van der Waals surface area contributed by atoms with Gasteiger partial charge in [-0.25, -0.2) is 4.98 Å². The van der Waals surface area contributed by atoms with E-state index in [1.54, 1.807) is 6.92 Å². The van der Waals surface area contributed by atoms with E-state index in [2.05, 4.69) is 35.3 Å². The molecule has 5 nitrogen and oxygen atoms in total. The Bertz CT molecular complexity index is 1080. The molecule has 3 rings (SSSR count). The number of carboxylic acids is 1. The van der Waals surface area contributed by atoms with Crippen LogP contribution in [0.25, 0.3) is 0 Å². The minimum atomic E-state index is -0.811. The molecular formula is C28H33NO4S2. The van der Waals surface area contributed by atoms with Gasteiger partial charge in [-0.2, -0.15) is 0 Å². The number of thioether (sulfide) groups is 1. The summed E-state index contributed by atoms with van der Waals surface area (Å²) in [6.45, 7) is 3.59. The third-order valence-electron chi connectivity index (χ3n) is 5.63. The Hall–Kier alpha value is -2.64. The van der Waals surface area contributed by atoms with Gasteiger partial charge in [0.2, 0.25) is 5.78 Å². The number of Topliss-reactive ketones (excluding diaryl/α,β-unsaturated/α-hetero) is 1. The van der Waals surface area contributed by atoms with Gasteiger partial charge in [0, 0.05) is 16.2 Å². The maximum atomic E-state index is 12.8. The van der Waals surface area contributed by atoms with E-state index in [1.807, 2.05) is 43.0 Å². The lowest BCUT2D eigenvalue weighted by molar-refractivity contribution is -0.137. The first-order valence-corrected chi connectivity index (χ1v) is 13.9. The third kappa shape index (κ3) is 9.15. The highest BCUT2D eigenvalue weighted by molar-refractivity contribution is 7.99. The Morgan fingerprint density at radius 1 is 1.00 bits per heavy atom. The first-order valence-electron chi connectivity index (χ1n) is 12.1. The molecule has 2 aromatic carbocycles. The molecule has 0 aliphatic heterocycles. The van der Waals surface area contributed by atoms with Crippen molar-refractivity contribution in [2.75, 3.05) is 5.75 Å². The van der Waals surface area contributed by atoms with Crippen molar-refractivity contribution in [2.24, 2.45) is 0 Å². The van der Waals surface area contributed by atoms with E-state index in [4.69, 9.17) is 9.84 Å². The van der Waals surface area contributed by atoms with Crippen molar-refractivity contribution in [3.8, 4) is 5.75 Å². The molecule has 0 spiro atoms. The molecule has 0 unspecified atom stereocenters. The number of carboxylic acid groups (broad SMARTS) is 1. The van der Waals surface area contributed by atoms with Crippen LogP contribution in [0.2, 0.25) is 0 Å². The average molecular weight is 512 g/mol. The third-order valence-corrected chi connectivity index (χ3v) is 7.96. The monoisotopic (exact) mass is 511 g/mol. The molecule has 3 aromatic rings. The summed E-state index contributed by atoms with van der Waals surface area (Å²) in [4.78, 5) is 30.1. The van der Waals surface area contributed by atoms with Crippen LogP contribution in [0.15, 0.2) is 59.5 Å². The summed E-state index contributed by atoms with van der Waals surface area (Å²) in [6.07, 6.45) is 5.39. The van der Waals surface area contributed by atoms with Gasteiger partial charge in [0.15, 0.2) is 11.1 Å². The van der Waals surface area contributed by atoms with Gasteiger partial charge in [0.25, 0.3) is 0 Å². The molecule has 0 aliphatic rings. The van der Waals surface area contributed by atoms with Crippen molar-refractivity contribution in [3.63, 3.8) is 0 Å². The standard InChI is InChI=1S/C28H33NO4S2/c1-20-25(13-9-14-26(30)31)35-28(29-20)27(32)21(2)33-23-15-17-24(18-16-23)34-19-8-4-7-12-22-10-5-3-6-11-22/h3,5-6,10-11,15-18,21H,4,7-9,12-14,19H2,1-2H3,(H,30,31)/t21-/m0/s1. The summed E-state index contributed by atoms with van der Waals surface area (Å²) < 4.78 is 5.88. The number of rotatable bonds is 15. The van der Waals surface area contributed by atoms with E-state index in [1.165, 1.54) is 41.1 Å². The average Bonchev–Trinajstić information content (AvgIpc) is 3.22. The maximum Gasteiger partial charge on any atom is 0.303 e. The van der Waals surface area contributed by atoms with Crippen molar-refractivity contribution in [2.45, 2.75) is 69.8 Å². The summed E-state index contributed by atoms with van der Waals surface area (Å²) in [6, 6.07) is 18.5. The molecule has 1 heterocycles. The van der Waals surface area contributed by atoms with Crippen LogP contribution in [0.1, 0.15) is 65.0 Å². The minimum Gasteiger partial charge on any atom is -0.482 e. The predicted octanol–water partition coefficient (Wildman–Crippen LogP) is 7.01. The smallest absolute Gasteiger partial charge is 0.303 e. The van der Waals surface area contributed by atoms with Crippen molar-refractivity contribution in [1.29, 1.82) is 0 Å². The maximum absolute atomic E-state index is 12.8. The zero-order valence-corrected chi connectivity index (χ0v) is 22.0. The van der Waals surface area contributed by atoms with Gasteiger partial charge in [0.1, 0.15) is 5.75 Å². The van der Waals surface area contributed by atoms with E-state index in [-0.39, 0.29) is 12.2 Å². The second kappa shape index (κ2) is 14.0. The van der Waals surface area contributed by atoms with E-state index in [9.17, 15) is 9.59 Å². The zero-order valence-electron chi connectivity index (χ0n) is 20.4. The van der Waals surface area contributed by atoms with E-state index < -0.39 is 12.1 Å². The van der Waals surface area contributed by atoms with Crippen LogP contribution in [-0.4, -0.2) is 33.7 Å². The van der Waals surface area contributed by atoms with Crippen molar-refractivity contribution in [1.82, 2.24) is 4.98 Å². The van der Waals surface area contributed by atoms with Gasteiger partial charge < -0.3 is 9.84 Å². The van der Waals surface area contributed by atoms with Crippen molar-refractivity contribution >= 4 is 34.9 Å². The Balaban J connectivity index is 1.39. The molecule has 1 aromatic heterocycles. The van der Waals surface area contributed by atoms with Gasteiger partial charge in [-0.15, -0.1) is 23.1 Å². The number of aryl methyl sites for hydroxylation is 3. The molecule has 0 radical (unpaired) electrons. The number of unbranched alkanes of at least 4 members (excludes halogenated alkanes) is 2. The van der Waals surface area contributed by atoms with Crippen LogP contribution in [0, 0.1) is 6.92 Å². The predicted molar refractivity (Wildman–Crippen MR) is 143 cm³/mol.